The van der Waals surface area contributed by atoms with E-state index in [0.29, 0.717) is 0 Å². The van der Waals surface area contributed by atoms with E-state index in [-0.39, 0.29) is 28.3 Å². The van der Waals surface area contributed by atoms with Crippen LogP contribution in [-0.4, -0.2) is 33.4 Å². The predicted octanol–water partition coefficient (Wildman–Crippen LogP) is 6.31. The van der Waals surface area contributed by atoms with Crippen LogP contribution in [0.4, 0.5) is 11.4 Å². The lowest BCUT2D eigenvalue weighted by atomic mass is 9.79. The molecule has 0 atom stereocenters. The number of nitrogens with zero attached hydrogens (tertiary/aromatic N) is 3. The minimum absolute atomic E-state index is 0. The molecule has 2 aromatic carbocycles. The molecule has 2 aromatic rings. The van der Waals surface area contributed by atoms with Crippen molar-refractivity contribution in [1.82, 2.24) is 0 Å². The van der Waals surface area contributed by atoms with Crippen LogP contribution < -0.4 is 4.90 Å². The van der Waals surface area contributed by atoms with Crippen molar-refractivity contribution in [3.05, 3.63) is 59.7 Å². The molecule has 1 spiro atoms. The number of carboxylic acid groups (broad SMARTS) is 1. The Balaban J connectivity index is 0.00000272. The van der Waals surface area contributed by atoms with E-state index >= 15 is 0 Å². The molecule has 0 radical (unpaired) electrons. The van der Waals surface area contributed by atoms with Crippen LogP contribution >= 0.6 is 28.7 Å². The molecule has 7 heteroatoms. The standard InChI is InChI=1S/C24H27N3O2S.BrH/c1-17-9-8-11-19(15-17)25-22-24(13-6-3-7-14-24)27(20-12-5-4-10-18(20)2)23(26-22)30-16-21(28)29;/h4-5,8-12,15H,3,6-7,13-14,16H2,1-2H3,(H,28,29);1H. The minimum atomic E-state index is -0.839. The van der Waals surface area contributed by atoms with Gasteiger partial charge in [0.1, 0.15) is 5.54 Å². The lowest BCUT2D eigenvalue weighted by molar-refractivity contribution is -0.133. The lowest BCUT2D eigenvalue weighted by Crippen LogP contribution is -2.53. The van der Waals surface area contributed by atoms with E-state index in [1.165, 1.54) is 18.2 Å². The molecule has 1 heterocycles. The minimum Gasteiger partial charge on any atom is -0.481 e. The number of para-hydroxylation sites is 1. The maximum Gasteiger partial charge on any atom is 0.313 e. The highest BCUT2D eigenvalue weighted by atomic mass is 79.9. The first-order chi connectivity index (χ1) is 14.5. The number of anilines is 1. The van der Waals surface area contributed by atoms with Crippen LogP contribution in [-0.2, 0) is 4.79 Å². The second-order valence-corrected chi connectivity index (χ2v) is 9.01. The molecule has 1 aliphatic heterocycles. The summed E-state index contributed by atoms with van der Waals surface area (Å²) in [5.41, 5.74) is 3.98. The number of aliphatic imine (C=N–C) groups is 2. The Morgan fingerprint density at radius 2 is 1.87 bits per heavy atom. The van der Waals surface area contributed by atoms with Crippen molar-refractivity contribution < 1.29 is 9.90 Å². The Morgan fingerprint density at radius 3 is 2.55 bits per heavy atom. The molecule has 0 amide bonds. The molecule has 1 saturated carbocycles. The van der Waals surface area contributed by atoms with Gasteiger partial charge in [-0.3, -0.25) is 4.79 Å². The Kier molecular flexibility index (Phi) is 7.59. The number of halogens is 1. The van der Waals surface area contributed by atoms with Gasteiger partial charge < -0.3 is 10.0 Å². The largest absolute Gasteiger partial charge is 0.481 e. The second-order valence-electron chi connectivity index (χ2n) is 8.07. The van der Waals surface area contributed by atoms with E-state index in [1.807, 2.05) is 24.3 Å². The van der Waals surface area contributed by atoms with Crippen molar-refractivity contribution in [2.75, 3.05) is 10.7 Å². The SMILES string of the molecule is Br.Cc1cccc(N=C2N=C(SCC(=O)O)N(c3ccccc3C)C23CCCCC3)c1. The van der Waals surface area contributed by atoms with Gasteiger partial charge in [-0.2, -0.15) is 0 Å². The van der Waals surface area contributed by atoms with Gasteiger partial charge >= 0.3 is 5.97 Å². The zero-order chi connectivity index (χ0) is 21.1. The third-order valence-corrected chi connectivity index (χ3v) is 6.76. The monoisotopic (exact) mass is 501 g/mol. The zero-order valence-electron chi connectivity index (χ0n) is 17.9. The van der Waals surface area contributed by atoms with Crippen LogP contribution in [0.15, 0.2) is 58.5 Å². The Bertz CT molecular complexity index is 1020. The Hall–Kier alpha value is -2.12. The first kappa shape index (κ1) is 23.5. The smallest absolute Gasteiger partial charge is 0.313 e. The van der Waals surface area contributed by atoms with Crippen LogP contribution in [0.3, 0.4) is 0 Å². The third kappa shape index (κ3) is 4.88. The number of carbonyl (C=O) groups is 1. The molecule has 1 N–H and O–H groups in total. The first-order valence-corrected chi connectivity index (χ1v) is 11.4. The summed E-state index contributed by atoms with van der Waals surface area (Å²) in [6.45, 7) is 4.16. The van der Waals surface area contributed by atoms with E-state index in [1.54, 1.807) is 0 Å². The normalized spacial score (nSPS) is 18.7. The summed E-state index contributed by atoms with van der Waals surface area (Å²) >= 11 is 1.28. The number of benzene rings is 2. The lowest BCUT2D eigenvalue weighted by Gasteiger charge is -2.43. The van der Waals surface area contributed by atoms with Gasteiger partial charge in [0.15, 0.2) is 11.0 Å². The maximum atomic E-state index is 11.3. The molecular weight excluding hydrogens is 474 g/mol. The molecule has 1 fully saturated rings. The van der Waals surface area contributed by atoms with Gasteiger partial charge in [0.2, 0.25) is 0 Å². The second kappa shape index (κ2) is 10.0. The molecular formula is C24H28BrN3O2S. The molecule has 0 bridgehead atoms. The molecule has 1 aliphatic carbocycles. The highest BCUT2D eigenvalue weighted by Crippen LogP contribution is 2.45. The molecule has 0 unspecified atom stereocenters. The van der Waals surface area contributed by atoms with Gasteiger partial charge in [0, 0.05) is 5.69 Å². The van der Waals surface area contributed by atoms with Crippen LogP contribution in [0, 0.1) is 13.8 Å². The summed E-state index contributed by atoms with van der Waals surface area (Å²) in [6.07, 6.45) is 5.36. The molecule has 0 saturated heterocycles. The van der Waals surface area contributed by atoms with Crippen LogP contribution in [0.1, 0.15) is 43.2 Å². The van der Waals surface area contributed by atoms with Gasteiger partial charge in [-0.05, 0) is 56.0 Å². The number of aryl methyl sites for hydroxylation is 2. The van der Waals surface area contributed by atoms with Crippen molar-refractivity contribution in [3.8, 4) is 0 Å². The van der Waals surface area contributed by atoms with E-state index < -0.39 is 5.97 Å². The van der Waals surface area contributed by atoms with Gasteiger partial charge in [-0.1, -0.05) is 61.4 Å². The summed E-state index contributed by atoms with van der Waals surface area (Å²) in [5.74, 6) is -0.0483. The van der Waals surface area contributed by atoms with Crippen molar-refractivity contribution in [2.45, 2.75) is 51.5 Å². The van der Waals surface area contributed by atoms with Gasteiger partial charge in [-0.25, -0.2) is 9.98 Å². The highest BCUT2D eigenvalue weighted by Gasteiger charge is 2.50. The zero-order valence-corrected chi connectivity index (χ0v) is 20.4. The number of carboxylic acids is 1. The molecule has 0 aromatic heterocycles. The number of amidine groups is 2. The number of hydrogen-bond acceptors (Lipinski definition) is 4. The summed E-state index contributed by atoms with van der Waals surface area (Å²) in [5, 5.41) is 10.0. The van der Waals surface area contributed by atoms with E-state index in [0.717, 1.165) is 59.2 Å². The van der Waals surface area contributed by atoms with Crippen molar-refractivity contribution in [1.29, 1.82) is 0 Å². The van der Waals surface area contributed by atoms with Crippen LogP contribution in [0.2, 0.25) is 0 Å². The number of aliphatic carboxylic acids is 1. The summed E-state index contributed by atoms with van der Waals surface area (Å²) in [7, 11) is 0. The van der Waals surface area contributed by atoms with Crippen LogP contribution in [0.25, 0.3) is 0 Å². The predicted molar refractivity (Wildman–Crippen MR) is 136 cm³/mol. The fourth-order valence-corrected chi connectivity index (χ4v) is 5.24. The number of rotatable bonds is 4. The Labute approximate surface area is 198 Å². The van der Waals surface area contributed by atoms with E-state index in [2.05, 4.69) is 43.0 Å². The fourth-order valence-electron chi connectivity index (χ4n) is 4.43. The van der Waals surface area contributed by atoms with Crippen molar-refractivity contribution in [3.63, 3.8) is 0 Å². The van der Waals surface area contributed by atoms with Crippen molar-refractivity contribution in [2.24, 2.45) is 9.98 Å². The Morgan fingerprint density at radius 1 is 1.13 bits per heavy atom. The van der Waals surface area contributed by atoms with Crippen LogP contribution in [0.5, 0.6) is 0 Å². The topological polar surface area (TPSA) is 65.3 Å². The average molecular weight is 502 g/mol. The molecule has 5 nitrogen and oxygen atoms in total. The summed E-state index contributed by atoms with van der Waals surface area (Å²) in [4.78, 5) is 23.6. The van der Waals surface area contributed by atoms with Crippen molar-refractivity contribution >= 4 is 57.1 Å². The summed E-state index contributed by atoms with van der Waals surface area (Å²) < 4.78 is 0. The fraction of sp³-hybridized carbons (Fsp3) is 0.375. The molecule has 4 rings (SSSR count). The quantitative estimate of drug-likeness (QED) is 0.532. The number of hydrogen-bond donors (Lipinski definition) is 1. The molecule has 2 aliphatic rings. The van der Waals surface area contributed by atoms with Gasteiger partial charge in [0.25, 0.3) is 0 Å². The third-order valence-electron chi connectivity index (χ3n) is 5.84. The summed E-state index contributed by atoms with van der Waals surface area (Å²) in [6, 6.07) is 16.4. The highest BCUT2D eigenvalue weighted by molar-refractivity contribution is 8.93. The average Bonchev–Trinajstić information content (AvgIpc) is 3.00. The van der Waals surface area contributed by atoms with Gasteiger partial charge in [0.05, 0.1) is 11.4 Å². The van der Waals surface area contributed by atoms with E-state index in [4.69, 9.17) is 9.98 Å². The maximum absolute atomic E-state index is 11.3. The number of thioether (sulfide) groups is 1. The van der Waals surface area contributed by atoms with Gasteiger partial charge in [-0.15, -0.1) is 17.0 Å². The molecule has 31 heavy (non-hydrogen) atoms. The first-order valence-electron chi connectivity index (χ1n) is 10.4. The van der Waals surface area contributed by atoms with E-state index in [9.17, 15) is 9.90 Å². The molecule has 164 valence electrons.